The SMILES string of the molecule is Cn1ncnc1C(=O)NCCF. The van der Waals surface area contributed by atoms with Crippen LogP contribution in [-0.4, -0.2) is 33.9 Å². The van der Waals surface area contributed by atoms with Gasteiger partial charge in [-0.1, -0.05) is 0 Å². The number of carbonyl (C=O) groups is 1. The lowest BCUT2D eigenvalue weighted by atomic mass is 10.5. The van der Waals surface area contributed by atoms with Gasteiger partial charge in [-0.3, -0.25) is 4.79 Å². The molecular formula is C6H9FN4O. The minimum atomic E-state index is -0.580. The van der Waals surface area contributed by atoms with Crippen LogP contribution >= 0.6 is 0 Å². The number of hydrogen-bond acceptors (Lipinski definition) is 3. The van der Waals surface area contributed by atoms with Crippen LogP contribution in [0.25, 0.3) is 0 Å². The number of carbonyl (C=O) groups excluding carboxylic acids is 1. The molecular weight excluding hydrogens is 163 g/mol. The van der Waals surface area contributed by atoms with Crippen LogP contribution in [0, 0.1) is 0 Å². The Kier molecular flexibility index (Phi) is 2.73. The van der Waals surface area contributed by atoms with E-state index in [1.165, 1.54) is 11.0 Å². The summed E-state index contributed by atoms with van der Waals surface area (Å²) in [5.74, 6) is -0.226. The highest BCUT2D eigenvalue weighted by atomic mass is 19.1. The van der Waals surface area contributed by atoms with Gasteiger partial charge in [-0.15, -0.1) is 0 Å². The van der Waals surface area contributed by atoms with Crippen LogP contribution in [0.15, 0.2) is 6.33 Å². The minimum Gasteiger partial charge on any atom is -0.347 e. The summed E-state index contributed by atoms with van der Waals surface area (Å²) in [5, 5.41) is 6.04. The Morgan fingerprint density at radius 3 is 3.08 bits per heavy atom. The monoisotopic (exact) mass is 172 g/mol. The van der Waals surface area contributed by atoms with Gasteiger partial charge in [-0.2, -0.15) is 5.10 Å². The van der Waals surface area contributed by atoms with Crippen LogP contribution in [-0.2, 0) is 7.05 Å². The summed E-state index contributed by atoms with van der Waals surface area (Å²) in [5.41, 5.74) is 0. The molecule has 0 saturated heterocycles. The summed E-state index contributed by atoms with van der Waals surface area (Å²) in [4.78, 5) is 14.8. The van der Waals surface area contributed by atoms with Crippen molar-refractivity contribution in [3.8, 4) is 0 Å². The Labute approximate surface area is 68.6 Å². The molecule has 0 saturated carbocycles. The van der Waals surface area contributed by atoms with Crippen molar-refractivity contribution in [3.63, 3.8) is 0 Å². The Balaban J connectivity index is 2.59. The Bertz CT molecular complexity index is 272. The third-order valence-corrected chi connectivity index (χ3v) is 1.29. The van der Waals surface area contributed by atoms with Crippen molar-refractivity contribution in [3.05, 3.63) is 12.2 Å². The number of aromatic nitrogens is 3. The van der Waals surface area contributed by atoms with Crippen LogP contribution in [0.4, 0.5) is 4.39 Å². The molecule has 6 heteroatoms. The second-order valence-electron chi connectivity index (χ2n) is 2.15. The first-order valence-corrected chi connectivity index (χ1v) is 3.44. The molecule has 1 aromatic heterocycles. The molecule has 0 spiro atoms. The lowest BCUT2D eigenvalue weighted by Gasteiger charge is -1.99. The van der Waals surface area contributed by atoms with E-state index in [-0.39, 0.29) is 12.4 Å². The third-order valence-electron chi connectivity index (χ3n) is 1.29. The second-order valence-corrected chi connectivity index (χ2v) is 2.15. The lowest BCUT2D eigenvalue weighted by molar-refractivity contribution is 0.0936. The molecule has 0 fully saturated rings. The maximum atomic E-state index is 11.6. The molecule has 0 aliphatic rings. The smallest absolute Gasteiger partial charge is 0.288 e. The molecule has 1 N–H and O–H groups in total. The molecule has 12 heavy (non-hydrogen) atoms. The summed E-state index contributed by atoms with van der Waals surface area (Å²) in [7, 11) is 1.59. The number of hydrogen-bond donors (Lipinski definition) is 1. The summed E-state index contributed by atoms with van der Waals surface area (Å²) >= 11 is 0. The molecule has 0 atom stereocenters. The third kappa shape index (κ3) is 1.77. The van der Waals surface area contributed by atoms with Gasteiger partial charge in [0.15, 0.2) is 0 Å². The fourth-order valence-electron chi connectivity index (χ4n) is 0.742. The van der Waals surface area contributed by atoms with Crippen LogP contribution in [0.1, 0.15) is 10.6 Å². The number of alkyl halides is 1. The zero-order valence-electron chi connectivity index (χ0n) is 6.62. The van der Waals surface area contributed by atoms with Crippen molar-refractivity contribution in [2.45, 2.75) is 0 Å². The van der Waals surface area contributed by atoms with Gasteiger partial charge in [-0.25, -0.2) is 14.1 Å². The number of amides is 1. The maximum absolute atomic E-state index is 11.6. The quantitative estimate of drug-likeness (QED) is 0.669. The summed E-state index contributed by atoms with van der Waals surface area (Å²) in [6.45, 7) is -0.574. The predicted molar refractivity (Wildman–Crippen MR) is 39.3 cm³/mol. The highest BCUT2D eigenvalue weighted by molar-refractivity contribution is 5.90. The van der Waals surface area contributed by atoms with E-state index >= 15 is 0 Å². The van der Waals surface area contributed by atoms with Gasteiger partial charge < -0.3 is 5.32 Å². The standard InChI is InChI=1S/C6H9FN4O/c1-11-5(9-4-10-11)6(12)8-3-2-7/h4H,2-3H2,1H3,(H,8,12). The molecule has 1 amide bonds. The predicted octanol–water partition coefficient (Wildman–Crippen LogP) is -0.486. The number of halogens is 1. The number of nitrogens with one attached hydrogen (secondary N) is 1. The topological polar surface area (TPSA) is 59.8 Å². The van der Waals surface area contributed by atoms with Crippen LogP contribution < -0.4 is 5.32 Å². The number of rotatable bonds is 3. The Morgan fingerprint density at radius 2 is 2.58 bits per heavy atom. The highest BCUT2D eigenvalue weighted by Gasteiger charge is 2.09. The van der Waals surface area contributed by atoms with E-state index in [1.54, 1.807) is 7.05 Å². The van der Waals surface area contributed by atoms with E-state index in [2.05, 4.69) is 15.4 Å². The van der Waals surface area contributed by atoms with Gasteiger partial charge in [0.1, 0.15) is 13.0 Å². The highest BCUT2D eigenvalue weighted by Crippen LogP contribution is 1.89. The fourth-order valence-corrected chi connectivity index (χ4v) is 0.742. The van der Waals surface area contributed by atoms with Gasteiger partial charge in [0.2, 0.25) is 5.82 Å². The first-order chi connectivity index (χ1) is 5.75. The lowest BCUT2D eigenvalue weighted by Crippen LogP contribution is -2.28. The van der Waals surface area contributed by atoms with Crippen molar-refractivity contribution in [1.82, 2.24) is 20.1 Å². The zero-order valence-corrected chi connectivity index (χ0v) is 6.62. The van der Waals surface area contributed by atoms with Crippen molar-refractivity contribution in [1.29, 1.82) is 0 Å². The van der Waals surface area contributed by atoms with Crippen molar-refractivity contribution in [2.24, 2.45) is 7.05 Å². The first kappa shape index (κ1) is 8.63. The molecule has 1 heterocycles. The molecule has 0 aliphatic carbocycles. The van der Waals surface area contributed by atoms with E-state index in [0.717, 1.165) is 0 Å². The van der Waals surface area contributed by atoms with Crippen molar-refractivity contribution >= 4 is 5.91 Å². The van der Waals surface area contributed by atoms with E-state index in [0.29, 0.717) is 0 Å². The minimum absolute atomic E-state index is 0.00565. The van der Waals surface area contributed by atoms with Crippen LogP contribution in [0.5, 0.6) is 0 Å². The molecule has 66 valence electrons. The Hall–Kier alpha value is -1.46. The summed E-state index contributed by atoms with van der Waals surface area (Å²) < 4.78 is 13.0. The molecule has 0 aromatic carbocycles. The number of aryl methyl sites for hydroxylation is 1. The second kappa shape index (κ2) is 3.80. The molecule has 0 unspecified atom stereocenters. The largest absolute Gasteiger partial charge is 0.347 e. The molecule has 1 aromatic rings. The Morgan fingerprint density at radius 1 is 1.83 bits per heavy atom. The van der Waals surface area contributed by atoms with Crippen molar-refractivity contribution in [2.75, 3.05) is 13.2 Å². The normalized spacial score (nSPS) is 9.83. The van der Waals surface area contributed by atoms with Gasteiger partial charge in [0, 0.05) is 13.6 Å². The molecule has 0 radical (unpaired) electrons. The van der Waals surface area contributed by atoms with Crippen molar-refractivity contribution < 1.29 is 9.18 Å². The number of nitrogens with zero attached hydrogens (tertiary/aromatic N) is 3. The van der Waals surface area contributed by atoms with E-state index in [9.17, 15) is 9.18 Å². The van der Waals surface area contributed by atoms with Crippen LogP contribution in [0.3, 0.4) is 0 Å². The van der Waals surface area contributed by atoms with Gasteiger partial charge in [0.25, 0.3) is 5.91 Å². The van der Waals surface area contributed by atoms with Gasteiger partial charge in [0.05, 0.1) is 0 Å². The summed E-state index contributed by atoms with van der Waals surface area (Å²) in [6.07, 6.45) is 1.27. The van der Waals surface area contributed by atoms with E-state index in [4.69, 9.17) is 0 Å². The fraction of sp³-hybridized carbons (Fsp3) is 0.500. The zero-order chi connectivity index (χ0) is 8.97. The summed E-state index contributed by atoms with van der Waals surface area (Å²) in [6, 6.07) is 0. The van der Waals surface area contributed by atoms with Gasteiger partial charge in [-0.05, 0) is 0 Å². The van der Waals surface area contributed by atoms with E-state index < -0.39 is 12.6 Å². The molecule has 0 aliphatic heterocycles. The average Bonchev–Trinajstić information content (AvgIpc) is 2.47. The average molecular weight is 172 g/mol. The van der Waals surface area contributed by atoms with Gasteiger partial charge >= 0.3 is 0 Å². The van der Waals surface area contributed by atoms with E-state index in [1.807, 2.05) is 0 Å². The first-order valence-electron chi connectivity index (χ1n) is 3.44. The molecule has 1 rings (SSSR count). The molecule has 0 bridgehead atoms. The maximum Gasteiger partial charge on any atom is 0.288 e. The molecule has 5 nitrogen and oxygen atoms in total. The van der Waals surface area contributed by atoms with Crippen LogP contribution in [0.2, 0.25) is 0 Å².